The molecule has 22 heteroatoms. The van der Waals surface area contributed by atoms with Gasteiger partial charge in [-0.15, -0.1) is 11.8 Å². The normalized spacial score (nSPS) is 10.1. The van der Waals surface area contributed by atoms with Crippen LogP contribution in [0.2, 0.25) is 0 Å². The predicted octanol–water partition coefficient (Wildman–Crippen LogP) is -2.54. The summed E-state index contributed by atoms with van der Waals surface area (Å²) < 4.78 is 7.33. The zero-order chi connectivity index (χ0) is 44.4. The first kappa shape index (κ1) is 53.9. The zero-order valence-corrected chi connectivity index (χ0v) is 44.7. The minimum Gasteiger partial charge on any atom is -1.00 e. The Morgan fingerprint density at radius 1 is 0.635 bits per heavy atom. The van der Waals surface area contributed by atoms with Gasteiger partial charge in [0.15, 0.2) is 0 Å². The predicted molar refractivity (Wildman–Crippen MR) is 244 cm³/mol. The summed E-state index contributed by atoms with van der Waals surface area (Å²) >= 11 is 8.60. The molecular weight excluding hydrogens is 1020 g/mol. The Hall–Kier alpha value is -3.48. The number of halogens is 1. The van der Waals surface area contributed by atoms with Crippen LogP contribution in [0.3, 0.4) is 0 Å². The fourth-order valence-electron chi connectivity index (χ4n) is 6.24. The van der Waals surface area contributed by atoms with Crippen molar-refractivity contribution in [2.45, 2.75) is 5.03 Å². The van der Waals surface area contributed by atoms with Gasteiger partial charge in [0.2, 0.25) is 0 Å². The first-order valence-electron chi connectivity index (χ1n) is 17.6. The van der Waals surface area contributed by atoms with Gasteiger partial charge in [-0.3, -0.25) is 28.5 Å². The molecule has 8 rings (SSSR count). The van der Waals surface area contributed by atoms with Crippen LogP contribution in [0.25, 0.3) is 44.8 Å². The fourth-order valence-corrected chi connectivity index (χ4v) is 7.06. The molecule has 0 radical (unpaired) electrons. The van der Waals surface area contributed by atoms with Crippen molar-refractivity contribution >= 4 is 75.1 Å². The van der Waals surface area contributed by atoms with Crippen LogP contribution in [0.5, 0.6) is 0 Å². The number of nitrogens with one attached hydrogen (secondary N) is 1. The monoisotopic (exact) mass is 1050 g/mol. The number of nitrogens with zero attached hydrogens (tertiary/aromatic N) is 7. The molecule has 4 aromatic carbocycles. The molecule has 0 bridgehead atoms. The van der Waals surface area contributed by atoms with Gasteiger partial charge in [-0.25, -0.2) is 37.4 Å². The quantitative estimate of drug-likeness (QED) is 0.0211. The number of carbonyl (C=O) groups is 1. The number of alkyl halides is 1. The average molecular weight is 1050 g/mol. The molecule has 0 unspecified atom stereocenters. The Labute approximate surface area is 466 Å². The van der Waals surface area contributed by atoms with Crippen LogP contribution in [0.15, 0.2) is 155 Å². The molecule has 4 aromatic heterocycles. The number of para-hydroxylation sites is 4. The zero-order valence-electron chi connectivity index (χ0n) is 35.6. The minimum absolute atomic E-state index is 0. The molecule has 63 heavy (non-hydrogen) atoms. The van der Waals surface area contributed by atoms with E-state index in [0.717, 1.165) is 9.13 Å². The Balaban J connectivity index is 0.000000377. The number of carbonyl (C=O) groups excluding carboxylic acids is 1. The van der Waals surface area contributed by atoms with E-state index in [9.17, 15) is 28.8 Å². The number of aryl methyl sites for hydroxylation is 2. The standard InChI is InChI=1S/C20H16N4O3S.C19H14N4O3S.CH3I.CH2O3.2K.H/c1-22-17-15(16(28-2)21-19(22)26)18(25)24(14-11-7-4-8-12-14)20(27)23(17)13-9-5-3-6-10-13;1-21-16-14(15(27)20-18(21)25)17(24)23(13-10-6-3-7-11-13)19(26)22(16)12-8-4-2-5-9-12;1-2;2-1-4-3;;;/h3-12H,1-2H3;2-11H,1H3,(H,20,25,27);1H3;1,3H;;;/q;;;;2*+1;-1/p-1. The molecule has 0 amide bonds. The van der Waals surface area contributed by atoms with Crippen LogP contribution >= 0.6 is 46.6 Å². The molecular formula is C41H35IK2N8O9S2. The van der Waals surface area contributed by atoms with Gasteiger partial charge in [-0.2, -0.15) is 4.98 Å². The summed E-state index contributed by atoms with van der Waals surface area (Å²) in [5.41, 5.74) is -0.948. The van der Waals surface area contributed by atoms with E-state index in [2.05, 4.69) is 37.4 Å². The van der Waals surface area contributed by atoms with Crippen molar-refractivity contribution in [2.75, 3.05) is 11.2 Å². The number of aromatic amines is 1. The van der Waals surface area contributed by atoms with Crippen molar-refractivity contribution in [1.82, 2.24) is 37.4 Å². The fraction of sp³-hybridized carbons (Fsp3) is 0.0976. The topological polar surface area (TPSA) is 210 Å². The molecule has 0 atom stereocenters. The number of rotatable bonds is 6. The van der Waals surface area contributed by atoms with Crippen molar-refractivity contribution < 1.29 is 119 Å². The largest absolute Gasteiger partial charge is 1.00 e. The van der Waals surface area contributed by atoms with Crippen LogP contribution in [-0.2, 0) is 23.8 Å². The summed E-state index contributed by atoms with van der Waals surface area (Å²) in [6.07, 6.45) is 1.74. The number of H-pyrrole nitrogens is 1. The summed E-state index contributed by atoms with van der Waals surface area (Å²) in [5, 5.41) is 9.04. The van der Waals surface area contributed by atoms with E-state index in [1.807, 2.05) is 23.1 Å². The van der Waals surface area contributed by atoms with Gasteiger partial charge in [0.25, 0.3) is 17.6 Å². The first-order chi connectivity index (χ1) is 29.5. The summed E-state index contributed by atoms with van der Waals surface area (Å²) in [6, 6.07) is 35.0. The van der Waals surface area contributed by atoms with Gasteiger partial charge in [0.05, 0.1) is 22.7 Å². The average Bonchev–Trinajstić information content (AvgIpc) is 3.29. The molecule has 0 aliphatic heterocycles. The SMILES string of the molecule is CI.CSc1nc(=O)n(C)c2c1c(=O)n(-c1ccccc1)c(=O)n2-c1ccccc1.Cn1c(=O)[nH]c(=S)c2c(=O)n(-c3ccccc3)c(=O)n(-c3ccccc3)c21.O=CO[O-].[H-].[K+].[K+]. The van der Waals surface area contributed by atoms with Gasteiger partial charge in [0, 0.05) is 14.1 Å². The Bertz CT molecular complexity index is 3300. The van der Waals surface area contributed by atoms with Crippen molar-refractivity contribution in [3.05, 3.63) is 189 Å². The first-order valence-corrected chi connectivity index (χ1v) is 21.4. The minimum atomic E-state index is -0.583. The van der Waals surface area contributed by atoms with Crippen molar-refractivity contribution in [1.29, 1.82) is 0 Å². The molecule has 0 fully saturated rings. The van der Waals surface area contributed by atoms with Crippen LogP contribution < -0.4 is 142 Å². The number of hydrogen-bond donors (Lipinski definition) is 1. The van der Waals surface area contributed by atoms with E-state index in [4.69, 9.17) is 22.3 Å². The number of thioether (sulfide) groups is 1. The Kier molecular flexibility index (Phi) is 21.6. The third-order valence-corrected chi connectivity index (χ3v) is 9.83. The summed E-state index contributed by atoms with van der Waals surface area (Å²) in [7, 11) is 2.99. The summed E-state index contributed by atoms with van der Waals surface area (Å²) in [5.74, 6) is 0. The van der Waals surface area contributed by atoms with E-state index in [1.165, 1.54) is 44.1 Å². The molecule has 0 spiro atoms. The second-order valence-corrected chi connectivity index (χ2v) is 13.4. The summed E-state index contributed by atoms with van der Waals surface area (Å²) in [6.45, 7) is -0.181. The van der Waals surface area contributed by atoms with E-state index in [0.29, 0.717) is 22.7 Å². The third kappa shape index (κ3) is 11.5. The van der Waals surface area contributed by atoms with Crippen LogP contribution in [0.1, 0.15) is 1.43 Å². The number of aromatic nitrogens is 8. The molecule has 0 aliphatic rings. The number of hydrogen-bond acceptors (Lipinski definition) is 12. The van der Waals surface area contributed by atoms with Crippen molar-refractivity contribution in [3.8, 4) is 22.7 Å². The smallest absolute Gasteiger partial charge is 1.00 e. The van der Waals surface area contributed by atoms with E-state index < -0.39 is 33.9 Å². The Morgan fingerprint density at radius 2 is 0.968 bits per heavy atom. The van der Waals surface area contributed by atoms with Gasteiger partial charge >= 0.3 is 126 Å². The summed E-state index contributed by atoms with van der Waals surface area (Å²) in [4.78, 5) is 97.7. The van der Waals surface area contributed by atoms with Crippen molar-refractivity contribution in [3.63, 3.8) is 0 Å². The molecule has 8 aromatic rings. The molecule has 314 valence electrons. The second kappa shape index (κ2) is 25.3. The number of benzene rings is 4. The molecule has 0 saturated carbocycles. The molecule has 0 aliphatic carbocycles. The second-order valence-electron chi connectivity index (χ2n) is 12.2. The Morgan fingerprint density at radius 3 is 1.32 bits per heavy atom. The number of fused-ring (bicyclic) bond motifs is 2. The molecule has 0 saturated heterocycles. The van der Waals surface area contributed by atoms with Gasteiger partial charge in [0.1, 0.15) is 31.7 Å². The van der Waals surface area contributed by atoms with Gasteiger partial charge in [-0.05, 0) is 59.7 Å². The van der Waals surface area contributed by atoms with Crippen LogP contribution in [-0.4, -0.2) is 55.0 Å². The third-order valence-electron chi connectivity index (χ3n) is 8.85. The molecule has 4 heterocycles. The molecule has 1 N–H and O–H groups in total. The van der Waals surface area contributed by atoms with E-state index >= 15 is 0 Å². The van der Waals surface area contributed by atoms with E-state index in [-0.39, 0.29) is 142 Å². The van der Waals surface area contributed by atoms with Crippen molar-refractivity contribution in [2.24, 2.45) is 14.1 Å². The maximum absolute atomic E-state index is 13.5. The van der Waals surface area contributed by atoms with Gasteiger partial charge < -0.3 is 11.6 Å². The van der Waals surface area contributed by atoms with Gasteiger partial charge in [-0.1, -0.05) is 108 Å². The van der Waals surface area contributed by atoms with Crippen LogP contribution in [0, 0.1) is 4.64 Å². The van der Waals surface area contributed by atoms with E-state index in [1.54, 1.807) is 109 Å². The molecule has 17 nitrogen and oxygen atoms in total. The maximum Gasteiger partial charge on any atom is 1.00 e. The maximum atomic E-state index is 13.5. The van der Waals surface area contributed by atoms with Crippen LogP contribution in [0.4, 0.5) is 0 Å².